The van der Waals surface area contributed by atoms with Crippen molar-refractivity contribution >= 4 is 21.4 Å². The van der Waals surface area contributed by atoms with Crippen LogP contribution < -0.4 is 4.72 Å². The van der Waals surface area contributed by atoms with Gasteiger partial charge in [-0.3, -0.25) is 4.68 Å². The Labute approximate surface area is 127 Å². The molecule has 2 rings (SSSR count). The van der Waals surface area contributed by atoms with Gasteiger partial charge in [-0.05, 0) is 20.3 Å². The second-order valence-corrected chi connectivity index (χ2v) is 7.03. The van der Waals surface area contributed by atoms with Gasteiger partial charge in [-0.15, -0.1) is 11.3 Å². The summed E-state index contributed by atoms with van der Waals surface area (Å²) in [6, 6.07) is 0. The van der Waals surface area contributed by atoms with Crippen LogP contribution in [0.5, 0.6) is 0 Å². The summed E-state index contributed by atoms with van der Waals surface area (Å²) in [5.74, 6) is 0. The van der Waals surface area contributed by atoms with Gasteiger partial charge >= 0.3 is 0 Å². The smallest absolute Gasteiger partial charge is 0.244 e. The average Bonchev–Trinajstić information content (AvgIpc) is 3.03. The van der Waals surface area contributed by atoms with Gasteiger partial charge in [0.1, 0.15) is 4.90 Å². The number of aliphatic hydroxyl groups is 1. The molecular formula is C12H18N4O3S2. The fourth-order valence-corrected chi connectivity index (χ4v) is 4.04. The maximum atomic E-state index is 12.4. The Hall–Kier alpha value is -1.29. The highest BCUT2D eigenvalue weighted by atomic mass is 32.2. The number of sulfonamides is 1. The molecule has 0 spiro atoms. The third kappa shape index (κ3) is 3.67. The Morgan fingerprint density at radius 2 is 2.19 bits per heavy atom. The molecule has 0 atom stereocenters. The van der Waals surface area contributed by atoms with Gasteiger partial charge in [0.15, 0.2) is 0 Å². The topological polar surface area (TPSA) is 97.1 Å². The summed E-state index contributed by atoms with van der Waals surface area (Å²) in [6.45, 7) is 4.08. The number of nitrogens with zero attached hydrogens (tertiary/aromatic N) is 3. The molecule has 0 aromatic carbocycles. The summed E-state index contributed by atoms with van der Waals surface area (Å²) >= 11 is 1.42. The molecule has 0 bridgehead atoms. The molecule has 0 saturated carbocycles. The number of nitrogens with one attached hydrogen (secondary N) is 1. The van der Waals surface area contributed by atoms with Crippen LogP contribution in [0.2, 0.25) is 0 Å². The van der Waals surface area contributed by atoms with Crippen LogP contribution in [0.15, 0.2) is 15.8 Å². The van der Waals surface area contributed by atoms with E-state index in [1.165, 1.54) is 11.3 Å². The monoisotopic (exact) mass is 330 g/mol. The quantitative estimate of drug-likeness (QED) is 0.783. The Balaban J connectivity index is 2.21. The summed E-state index contributed by atoms with van der Waals surface area (Å²) < 4.78 is 29.0. The molecule has 0 fully saturated rings. The number of hydrogen-bond donors (Lipinski definition) is 2. The molecule has 0 unspecified atom stereocenters. The minimum Gasteiger partial charge on any atom is -0.396 e. The number of aromatic nitrogens is 3. The van der Waals surface area contributed by atoms with E-state index in [9.17, 15) is 8.42 Å². The summed E-state index contributed by atoms with van der Waals surface area (Å²) in [4.78, 5) is 4.25. The third-order valence-electron chi connectivity index (χ3n) is 3.04. The van der Waals surface area contributed by atoms with Crippen molar-refractivity contribution in [3.05, 3.63) is 28.0 Å². The van der Waals surface area contributed by atoms with Gasteiger partial charge in [0.05, 0.1) is 29.1 Å². The molecule has 2 N–H and O–H groups in total. The van der Waals surface area contributed by atoms with Crippen LogP contribution in [-0.2, 0) is 23.1 Å². The van der Waals surface area contributed by atoms with E-state index in [2.05, 4.69) is 14.8 Å². The number of hydrogen-bond acceptors (Lipinski definition) is 6. The Kier molecular flexibility index (Phi) is 5.09. The Bertz CT molecular complexity index is 692. The molecule has 0 saturated heterocycles. The lowest BCUT2D eigenvalue weighted by molar-refractivity contribution is 0.276. The molecule has 21 heavy (non-hydrogen) atoms. The van der Waals surface area contributed by atoms with Crippen molar-refractivity contribution in [2.75, 3.05) is 6.61 Å². The second kappa shape index (κ2) is 6.65. The van der Waals surface area contributed by atoms with Crippen molar-refractivity contribution in [2.24, 2.45) is 0 Å². The van der Waals surface area contributed by atoms with Crippen LogP contribution in [0.3, 0.4) is 0 Å². The zero-order valence-corrected chi connectivity index (χ0v) is 13.5. The standard InChI is InChI=1S/C12H18N4O3S2/c1-9-12(10(2)16(15-9)4-3-5-17)21(18,19)14-6-11-7-20-8-13-11/h7-8,14,17H,3-6H2,1-2H3. The van der Waals surface area contributed by atoms with E-state index in [1.807, 2.05) is 0 Å². The largest absolute Gasteiger partial charge is 0.396 e. The van der Waals surface area contributed by atoms with Gasteiger partial charge in [-0.25, -0.2) is 18.1 Å². The SMILES string of the molecule is Cc1nn(CCCO)c(C)c1S(=O)(=O)NCc1cscn1. The van der Waals surface area contributed by atoms with Gasteiger partial charge in [-0.2, -0.15) is 5.10 Å². The van der Waals surface area contributed by atoms with Crippen LogP contribution in [0.25, 0.3) is 0 Å². The first kappa shape index (κ1) is 16.1. The van der Waals surface area contributed by atoms with Crippen molar-refractivity contribution in [2.45, 2.75) is 38.3 Å². The number of aliphatic hydroxyl groups excluding tert-OH is 1. The molecular weight excluding hydrogens is 312 g/mol. The number of thiazole rings is 1. The molecule has 2 heterocycles. The molecule has 7 nitrogen and oxygen atoms in total. The van der Waals surface area contributed by atoms with Crippen LogP contribution in [0, 0.1) is 13.8 Å². The molecule has 9 heteroatoms. The van der Waals surface area contributed by atoms with E-state index >= 15 is 0 Å². The molecule has 0 aliphatic carbocycles. The predicted octanol–water partition coefficient (Wildman–Crippen LogP) is 0.817. The number of rotatable bonds is 7. The first-order valence-corrected chi connectivity index (χ1v) is 8.90. The highest BCUT2D eigenvalue weighted by Gasteiger charge is 2.24. The van der Waals surface area contributed by atoms with Gasteiger partial charge in [0, 0.05) is 18.5 Å². The van der Waals surface area contributed by atoms with Crippen molar-refractivity contribution in [1.82, 2.24) is 19.5 Å². The lowest BCUT2D eigenvalue weighted by atomic mass is 10.4. The lowest BCUT2D eigenvalue weighted by Gasteiger charge is -2.07. The Morgan fingerprint density at radius 3 is 2.81 bits per heavy atom. The molecule has 2 aromatic rings. The first-order chi connectivity index (χ1) is 9.95. The fraction of sp³-hybridized carbons (Fsp3) is 0.500. The fourth-order valence-electron chi connectivity index (χ4n) is 2.07. The molecule has 0 aliphatic heterocycles. The van der Waals surface area contributed by atoms with Gasteiger partial charge in [0.2, 0.25) is 10.0 Å². The summed E-state index contributed by atoms with van der Waals surface area (Å²) in [5.41, 5.74) is 3.38. The van der Waals surface area contributed by atoms with Crippen molar-refractivity contribution in [1.29, 1.82) is 0 Å². The highest BCUT2D eigenvalue weighted by Crippen LogP contribution is 2.19. The molecule has 116 valence electrons. The van der Waals surface area contributed by atoms with Gasteiger partial charge in [-0.1, -0.05) is 0 Å². The maximum Gasteiger partial charge on any atom is 0.244 e. The van der Waals surface area contributed by atoms with Crippen LogP contribution in [-0.4, -0.2) is 34.9 Å². The summed E-state index contributed by atoms with van der Waals surface area (Å²) in [6.07, 6.45) is 0.535. The molecule has 0 aliphatic rings. The van der Waals surface area contributed by atoms with Crippen molar-refractivity contribution < 1.29 is 13.5 Å². The summed E-state index contributed by atoms with van der Waals surface area (Å²) in [5, 5.41) is 14.9. The second-order valence-electron chi connectivity index (χ2n) is 4.60. The van der Waals surface area contributed by atoms with Crippen LogP contribution >= 0.6 is 11.3 Å². The lowest BCUT2D eigenvalue weighted by Crippen LogP contribution is -2.24. The van der Waals surface area contributed by atoms with Crippen LogP contribution in [0.4, 0.5) is 0 Å². The zero-order chi connectivity index (χ0) is 15.5. The molecule has 0 radical (unpaired) electrons. The van der Waals surface area contributed by atoms with E-state index in [1.54, 1.807) is 29.4 Å². The summed E-state index contributed by atoms with van der Waals surface area (Å²) in [7, 11) is -3.63. The molecule has 0 amide bonds. The average molecular weight is 330 g/mol. The van der Waals surface area contributed by atoms with E-state index in [4.69, 9.17) is 5.11 Å². The van der Waals surface area contributed by atoms with E-state index in [0.29, 0.717) is 30.0 Å². The Morgan fingerprint density at radius 1 is 1.43 bits per heavy atom. The minimum absolute atomic E-state index is 0.0442. The number of aryl methyl sites for hydroxylation is 2. The van der Waals surface area contributed by atoms with Gasteiger partial charge in [0.25, 0.3) is 0 Å². The first-order valence-electron chi connectivity index (χ1n) is 6.47. The molecule has 2 aromatic heterocycles. The third-order valence-corrected chi connectivity index (χ3v) is 5.33. The van der Waals surface area contributed by atoms with E-state index < -0.39 is 10.0 Å². The maximum absolute atomic E-state index is 12.4. The van der Waals surface area contributed by atoms with Crippen LogP contribution in [0.1, 0.15) is 23.5 Å². The minimum atomic E-state index is -3.63. The van der Waals surface area contributed by atoms with E-state index in [0.717, 1.165) is 0 Å². The normalized spacial score (nSPS) is 12.0. The van der Waals surface area contributed by atoms with Gasteiger partial charge < -0.3 is 5.11 Å². The highest BCUT2D eigenvalue weighted by molar-refractivity contribution is 7.89. The zero-order valence-electron chi connectivity index (χ0n) is 11.9. The van der Waals surface area contributed by atoms with E-state index in [-0.39, 0.29) is 18.0 Å². The van der Waals surface area contributed by atoms with Crippen molar-refractivity contribution in [3.63, 3.8) is 0 Å². The predicted molar refractivity (Wildman–Crippen MR) is 79.5 cm³/mol. The van der Waals surface area contributed by atoms with Crippen molar-refractivity contribution in [3.8, 4) is 0 Å².